The standard InChI is InChI=1S/C14H15Cl2N3S/c1-8-10(16)18-13(14(2,3)4)19-11(8)20-12-9(15)6-5-7-17-12/h5-7H,1-4H3. The lowest BCUT2D eigenvalue weighted by Crippen LogP contribution is -2.17. The maximum atomic E-state index is 6.21. The topological polar surface area (TPSA) is 38.7 Å². The van der Waals surface area contributed by atoms with Crippen LogP contribution in [0.25, 0.3) is 0 Å². The highest BCUT2D eigenvalue weighted by atomic mass is 35.5. The number of hydrogen-bond donors (Lipinski definition) is 0. The first-order chi connectivity index (χ1) is 9.29. The van der Waals surface area contributed by atoms with Crippen molar-refractivity contribution >= 4 is 35.0 Å². The van der Waals surface area contributed by atoms with E-state index in [2.05, 4.69) is 35.7 Å². The van der Waals surface area contributed by atoms with Crippen LogP contribution in [0.5, 0.6) is 0 Å². The van der Waals surface area contributed by atoms with Gasteiger partial charge < -0.3 is 0 Å². The van der Waals surface area contributed by atoms with E-state index in [4.69, 9.17) is 23.2 Å². The van der Waals surface area contributed by atoms with Gasteiger partial charge in [0.25, 0.3) is 0 Å². The van der Waals surface area contributed by atoms with Gasteiger partial charge in [-0.1, -0.05) is 44.0 Å². The van der Waals surface area contributed by atoms with E-state index in [1.165, 1.54) is 11.8 Å². The summed E-state index contributed by atoms with van der Waals surface area (Å²) in [6, 6.07) is 3.60. The highest BCUT2D eigenvalue weighted by molar-refractivity contribution is 7.99. The highest BCUT2D eigenvalue weighted by Gasteiger charge is 2.21. The molecule has 0 saturated heterocycles. The van der Waals surface area contributed by atoms with Crippen LogP contribution >= 0.6 is 35.0 Å². The van der Waals surface area contributed by atoms with Gasteiger partial charge in [-0.25, -0.2) is 15.0 Å². The largest absolute Gasteiger partial charge is 0.248 e. The summed E-state index contributed by atoms with van der Waals surface area (Å²) in [4.78, 5) is 13.2. The minimum Gasteiger partial charge on any atom is -0.248 e. The molecular formula is C14H15Cl2N3S. The first-order valence-corrected chi connectivity index (χ1v) is 7.69. The molecule has 0 radical (unpaired) electrons. The lowest BCUT2D eigenvalue weighted by Gasteiger charge is -2.18. The Bertz CT molecular complexity index is 639. The predicted octanol–water partition coefficient (Wildman–Crippen LogP) is 4.94. The zero-order valence-electron chi connectivity index (χ0n) is 11.7. The van der Waals surface area contributed by atoms with Crippen molar-refractivity contribution in [3.63, 3.8) is 0 Å². The van der Waals surface area contributed by atoms with Crippen LogP contribution in [0.3, 0.4) is 0 Å². The van der Waals surface area contributed by atoms with Gasteiger partial charge in [-0.15, -0.1) is 0 Å². The van der Waals surface area contributed by atoms with Crippen molar-refractivity contribution in [1.82, 2.24) is 15.0 Å². The van der Waals surface area contributed by atoms with Crippen molar-refractivity contribution in [2.75, 3.05) is 0 Å². The van der Waals surface area contributed by atoms with E-state index in [1.807, 2.05) is 6.92 Å². The number of halogens is 2. The maximum absolute atomic E-state index is 6.21. The first kappa shape index (κ1) is 15.5. The summed E-state index contributed by atoms with van der Waals surface area (Å²) in [7, 11) is 0. The second-order valence-electron chi connectivity index (χ2n) is 5.41. The van der Waals surface area contributed by atoms with Crippen LogP contribution in [0.15, 0.2) is 28.4 Å². The van der Waals surface area contributed by atoms with E-state index in [0.717, 1.165) is 10.6 Å². The Kier molecular flexibility index (Phi) is 4.57. The molecular weight excluding hydrogens is 313 g/mol. The molecule has 0 spiro atoms. The molecule has 0 aliphatic heterocycles. The fourth-order valence-electron chi connectivity index (χ4n) is 1.44. The Morgan fingerprint density at radius 3 is 2.40 bits per heavy atom. The number of rotatable bonds is 2. The molecule has 0 amide bonds. The van der Waals surface area contributed by atoms with E-state index >= 15 is 0 Å². The molecule has 3 nitrogen and oxygen atoms in total. The van der Waals surface area contributed by atoms with Gasteiger partial charge in [0.05, 0.1) is 5.02 Å². The van der Waals surface area contributed by atoms with E-state index in [0.29, 0.717) is 21.0 Å². The van der Waals surface area contributed by atoms with Crippen molar-refractivity contribution in [2.24, 2.45) is 0 Å². The monoisotopic (exact) mass is 327 g/mol. The van der Waals surface area contributed by atoms with E-state index < -0.39 is 0 Å². The number of aromatic nitrogens is 3. The Morgan fingerprint density at radius 1 is 1.10 bits per heavy atom. The average molecular weight is 328 g/mol. The Balaban J connectivity index is 2.46. The van der Waals surface area contributed by atoms with Gasteiger partial charge in [-0.2, -0.15) is 0 Å². The third kappa shape index (κ3) is 3.43. The molecule has 0 aliphatic carbocycles. The van der Waals surface area contributed by atoms with Crippen molar-refractivity contribution in [2.45, 2.75) is 43.2 Å². The highest BCUT2D eigenvalue weighted by Crippen LogP contribution is 2.35. The van der Waals surface area contributed by atoms with Crippen molar-refractivity contribution in [3.8, 4) is 0 Å². The normalized spacial score (nSPS) is 11.7. The minimum absolute atomic E-state index is 0.166. The zero-order chi connectivity index (χ0) is 14.9. The van der Waals surface area contributed by atoms with Gasteiger partial charge >= 0.3 is 0 Å². The van der Waals surface area contributed by atoms with Gasteiger partial charge in [-0.05, 0) is 30.8 Å². The fraction of sp³-hybridized carbons (Fsp3) is 0.357. The van der Waals surface area contributed by atoms with E-state index in [-0.39, 0.29) is 5.41 Å². The van der Waals surface area contributed by atoms with Gasteiger partial charge in [0.1, 0.15) is 21.0 Å². The zero-order valence-corrected chi connectivity index (χ0v) is 14.1. The summed E-state index contributed by atoms with van der Waals surface area (Å²) in [6.45, 7) is 8.05. The molecule has 0 atom stereocenters. The van der Waals surface area contributed by atoms with Crippen LogP contribution < -0.4 is 0 Å². The lowest BCUT2D eigenvalue weighted by molar-refractivity contribution is 0.537. The average Bonchev–Trinajstić information content (AvgIpc) is 2.36. The quantitative estimate of drug-likeness (QED) is 0.732. The van der Waals surface area contributed by atoms with Crippen LogP contribution in [-0.4, -0.2) is 15.0 Å². The molecule has 0 aromatic carbocycles. The predicted molar refractivity (Wildman–Crippen MR) is 83.8 cm³/mol. The summed E-state index contributed by atoms with van der Waals surface area (Å²) in [6.07, 6.45) is 1.71. The number of nitrogens with zero attached hydrogens (tertiary/aromatic N) is 3. The SMILES string of the molecule is Cc1c(Cl)nc(C(C)(C)C)nc1Sc1ncccc1Cl. The molecule has 0 unspecified atom stereocenters. The van der Waals surface area contributed by atoms with Gasteiger partial charge in [0.15, 0.2) is 0 Å². The first-order valence-electron chi connectivity index (χ1n) is 6.12. The Hall–Kier alpha value is -0.840. The summed E-state index contributed by atoms with van der Waals surface area (Å²) in [5.74, 6) is 0.711. The second-order valence-corrected chi connectivity index (χ2v) is 7.15. The molecule has 2 rings (SSSR count). The molecule has 106 valence electrons. The molecule has 2 aromatic rings. The summed E-state index contributed by atoms with van der Waals surface area (Å²) in [5.41, 5.74) is 0.673. The third-order valence-corrected chi connectivity index (χ3v) is 4.53. The molecule has 0 bridgehead atoms. The van der Waals surface area contributed by atoms with Crippen LogP contribution in [0.1, 0.15) is 32.2 Å². The van der Waals surface area contributed by atoms with E-state index in [1.54, 1.807) is 18.3 Å². The van der Waals surface area contributed by atoms with Crippen molar-refractivity contribution < 1.29 is 0 Å². The molecule has 2 heterocycles. The molecule has 0 N–H and O–H groups in total. The molecule has 0 aliphatic rings. The summed E-state index contributed by atoms with van der Waals surface area (Å²) >= 11 is 13.8. The van der Waals surface area contributed by atoms with Gasteiger partial charge in [0, 0.05) is 17.2 Å². The number of hydrogen-bond acceptors (Lipinski definition) is 4. The van der Waals surface area contributed by atoms with Crippen LogP contribution in [0.2, 0.25) is 10.2 Å². The summed E-state index contributed by atoms with van der Waals surface area (Å²) in [5, 5.41) is 2.57. The summed E-state index contributed by atoms with van der Waals surface area (Å²) < 4.78 is 0. The maximum Gasteiger partial charge on any atom is 0.136 e. The van der Waals surface area contributed by atoms with Crippen molar-refractivity contribution in [1.29, 1.82) is 0 Å². The smallest absolute Gasteiger partial charge is 0.136 e. The number of pyridine rings is 1. The fourth-order valence-corrected chi connectivity index (χ4v) is 2.75. The van der Waals surface area contributed by atoms with E-state index in [9.17, 15) is 0 Å². The Labute approximate surface area is 133 Å². The molecule has 0 fully saturated rings. The molecule has 20 heavy (non-hydrogen) atoms. The van der Waals surface area contributed by atoms with Crippen LogP contribution in [-0.2, 0) is 5.41 Å². The van der Waals surface area contributed by atoms with Gasteiger partial charge in [-0.3, -0.25) is 0 Å². The second kappa shape index (κ2) is 5.88. The van der Waals surface area contributed by atoms with Crippen molar-refractivity contribution in [3.05, 3.63) is 39.9 Å². The molecule has 6 heteroatoms. The third-order valence-electron chi connectivity index (χ3n) is 2.63. The van der Waals surface area contributed by atoms with Crippen LogP contribution in [0.4, 0.5) is 0 Å². The minimum atomic E-state index is -0.166. The lowest BCUT2D eigenvalue weighted by atomic mass is 9.96. The Morgan fingerprint density at radius 2 is 1.80 bits per heavy atom. The molecule has 2 aromatic heterocycles. The van der Waals surface area contributed by atoms with Crippen LogP contribution in [0, 0.1) is 6.92 Å². The molecule has 0 saturated carbocycles. The van der Waals surface area contributed by atoms with Gasteiger partial charge in [0.2, 0.25) is 0 Å².